The molecule has 4 heteroatoms. The smallest absolute Gasteiger partial charge is 0.329 e. The van der Waals surface area contributed by atoms with Crippen molar-refractivity contribution in [3.8, 4) is 0 Å². The molecule has 1 aliphatic rings. The van der Waals surface area contributed by atoms with Gasteiger partial charge in [0.1, 0.15) is 0 Å². The zero-order valence-corrected chi connectivity index (χ0v) is 8.39. The molecule has 0 spiro atoms. The van der Waals surface area contributed by atoms with Gasteiger partial charge < -0.3 is 15.1 Å². The van der Waals surface area contributed by atoms with Crippen LogP contribution in [-0.2, 0) is 4.79 Å². The van der Waals surface area contributed by atoms with Crippen LogP contribution in [-0.4, -0.2) is 40.3 Å². The first-order valence-electron chi connectivity index (χ1n) is 4.92. The van der Waals surface area contributed by atoms with Crippen LogP contribution in [0.5, 0.6) is 0 Å². The van der Waals surface area contributed by atoms with Gasteiger partial charge in [0.05, 0.1) is 12.1 Å². The van der Waals surface area contributed by atoms with E-state index in [1.807, 2.05) is 0 Å². The maximum absolute atomic E-state index is 10.3. The normalized spacial score (nSPS) is 27.9. The Balaban J connectivity index is 2.49. The van der Waals surface area contributed by atoms with E-state index >= 15 is 0 Å². The third-order valence-corrected chi connectivity index (χ3v) is 2.67. The fourth-order valence-electron chi connectivity index (χ4n) is 1.86. The lowest BCUT2D eigenvalue weighted by Gasteiger charge is -2.34. The predicted octanol–water partition coefficient (Wildman–Crippen LogP) is 0.820. The van der Waals surface area contributed by atoms with E-state index in [9.17, 15) is 9.90 Å². The van der Waals surface area contributed by atoms with Crippen molar-refractivity contribution < 1.29 is 15.0 Å². The van der Waals surface area contributed by atoms with Crippen LogP contribution in [0.1, 0.15) is 25.7 Å². The number of carboxylic acid groups (broad SMARTS) is 1. The molecule has 1 rings (SSSR count). The van der Waals surface area contributed by atoms with Crippen LogP contribution in [0.3, 0.4) is 0 Å². The van der Waals surface area contributed by atoms with Gasteiger partial charge in [-0.05, 0) is 12.8 Å². The number of likely N-dealkylation sites (N-methyl/N-ethyl adjacent to an activating group) is 1. The second-order valence-corrected chi connectivity index (χ2v) is 3.74. The lowest BCUT2D eigenvalue weighted by Crippen LogP contribution is -2.40. The average Bonchev–Trinajstić information content (AvgIpc) is 2.15. The molecule has 0 heterocycles. The van der Waals surface area contributed by atoms with Crippen molar-refractivity contribution in [2.75, 3.05) is 7.05 Å². The van der Waals surface area contributed by atoms with Crippen molar-refractivity contribution in [3.63, 3.8) is 0 Å². The number of hydrogen-bond acceptors (Lipinski definition) is 3. The number of aliphatic hydroxyl groups excluding tert-OH is 1. The summed E-state index contributed by atoms with van der Waals surface area (Å²) >= 11 is 0. The molecule has 1 saturated carbocycles. The minimum Gasteiger partial charge on any atom is -0.478 e. The Morgan fingerprint density at radius 3 is 2.64 bits per heavy atom. The van der Waals surface area contributed by atoms with Gasteiger partial charge >= 0.3 is 5.97 Å². The minimum atomic E-state index is -0.956. The summed E-state index contributed by atoms with van der Waals surface area (Å²) in [6.07, 6.45) is 6.20. The Hall–Kier alpha value is -1.03. The number of aliphatic hydroxyl groups is 1. The van der Waals surface area contributed by atoms with E-state index in [0.717, 1.165) is 31.8 Å². The molecule has 0 aromatic carbocycles. The molecule has 80 valence electrons. The highest BCUT2D eigenvalue weighted by atomic mass is 16.4. The Labute approximate surface area is 83.8 Å². The molecule has 2 atom stereocenters. The van der Waals surface area contributed by atoms with Gasteiger partial charge in [-0.3, -0.25) is 0 Å². The van der Waals surface area contributed by atoms with Crippen LogP contribution in [0.4, 0.5) is 0 Å². The van der Waals surface area contributed by atoms with Crippen molar-refractivity contribution in [1.82, 2.24) is 4.90 Å². The van der Waals surface area contributed by atoms with E-state index in [2.05, 4.69) is 0 Å². The highest BCUT2D eigenvalue weighted by molar-refractivity contribution is 5.79. The van der Waals surface area contributed by atoms with Crippen LogP contribution in [0.15, 0.2) is 12.3 Å². The molecule has 0 saturated heterocycles. The van der Waals surface area contributed by atoms with Crippen molar-refractivity contribution in [3.05, 3.63) is 12.3 Å². The van der Waals surface area contributed by atoms with E-state index in [1.165, 1.54) is 6.20 Å². The van der Waals surface area contributed by atoms with E-state index in [0.29, 0.717) is 0 Å². The summed E-state index contributed by atoms with van der Waals surface area (Å²) in [5.74, 6) is -0.956. The molecular weight excluding hydrogens is 182 g/mol. The molecule has 0 amide bonds. The SMILES string of the molecule is CN(/C=C/C(=O)O)C1CCCCC1O. The molecule has 0 bridgehead atoms. The van der Waals surface area contributed by atoms with E-state index in [1.54, 1.807) is 11.9 Å². The number of hydrogen-bond donors (Lipinski definition) is 2. The molecule has 0 aliphatic heterocycles. The summed E-state index contributed by atoms with van der Waals surface area (Å²) in [6, 6.07) is 0.0688. The highest BCUT2D eigenvalue weighted by Gasteiger charge is 2.24. The van der Waals surface area contributed by atoms with Gasteiger partial charge in [-0.15, -0.1) is 0 Å². The van der Waals surface area contributed by atoms with Crippen molar-refractivity contribution in [1.29, 1.82) is 0 Å². The predicted molar refractivity (Wildman–Crippen MR) is 52.8 cm³/mol. The molecule has 0 aromatic rings. The Bertz CT molecular complexity index is 227. The van der Waals surface area contributed by atoms with Crippen LogP contribution in [0.25, 0.3) is 0 Å². The fraction of sp³-hybridized carbons (Fsp3) is 0.700. The number of carboxylic acids is 1. The van der Waals surface area contributed by atoms with Gasteiger partial charge in [0.2, 0.25) is 0 Å². The van der Waals surface area contributed by atoms with Crippen molar-refractivity contribution in [2.45, 2.75) is 37.8 Å². The molecule has 0 aromatic heterocycles. The first kappa shape index (κ1) is 11.0. The minimum absolute atomic E-state index is 0.0688. The van der Waals surface area contributed by atoms with Gasteiger partial charge in [0.15, 0.2) is 0 Å². The molecular formula is C10H17NO3. The monoisotopic (exact) mass is 199 g/mol. The van der Waals surface area contributed by atoms with Gasteiger partial charge in [-0.25, -0.2) is 4.79 Å². The zero-order valence-electron chi connectivity index (χ0n) is 8.39. The maximum atomic E-state index is 10.3. The number of rotatable bonds is 3. The maximum Gasteiger partial charge on any atom is 0.329 e. The van der Waals surface area contributed by atoms with Gasteiger partial charge in [-0.1, -0.05) is 12.8 Å². The summed E-state index contributed by atoms with van der Waals surface area (Å²) in [7, 11) is 1.80. The summed E-state index contributed by atoms with van der Waals surface area (Å²) in [6.45, 7) is 0. The van der Waals surface area contributed by atoms with Crippen molar-refractivity contribution in [2.24, 2.45) is 0 Å². The van der Waals surface area contributed by atoms with Crippen molar-refractivity contribution >= 4 is 5.97 Å². The largest absolute Gasteiger partial charge is 0.478 e. The molecule has 0 radical (unpaired) electrons. The average molecular weight is 199 g/mol. The third kappa shape index (κ3) is 3.03. The standard InChI is InChI=1S/C10H17NO3/c1-11(7-6-10(13)14)8-4-2-3-5-9(8)12/h6-9,12H,2-5H2,1H3,(H,13,14)/b7-6+. The quantitative estimate of drug-likeness (QED) is 0.661. The first-order valence-corrected chi connectivity index (χ1v) is 4.92. The van der Waals surface area contributed by atoms with Crippen LogP contribution >= 0.6 is 0 Å². The summed E-state index contributed by atoms with van der Waals surface area (Å²) in [5.41, 5.74) is 0. The summed E-state index contributed by atoms with van der Waals surface area (Å²) in [4.78, 5) is 12.1. The second kappa shape index (κ2) is 5.00. The van der Waals surface area contributed by atoms with Crippen LogP contribution < -0.4 is 0 Å². The summed E-state index contributed by atoms with van der Waals surface area (Å²) < 4.78 is 0. The summed E-state index contributed by atoms with van der Waals surface area (Å²) in [5, 5.41) is 18.1. The molecule has 1 fully saturated rings. The topological polar surface area (TPSA) is 60.8 Å². The zero-order chi connectivity index (χ0) is 10.6. The second-order valence-electron chi connectivity index (χ2n) is 3.74. The molecule has 2 N–H and O–H groups in total. The van der Waals surface area contributed by atoms with Crippen LogP contribution in [0, 0.1) is 0 Å². The first-order chi connectivity index (χ1) is 6.61. The lowest BCUT2D eigenvalue weighted by atomic mass is 9.92. The highest BCUT2D eigenvalue weighted by Crippen LogP contribution is 2.22. The number of nitrogens with zero attached hydrogens (tertiary/aromatic N) is 1. The molecule has 1 aliphatic carbocycles. The Morgan fingerprint density at radius 2 is 2.07 bits per heavy atom. The lowest BCUT2D eigenvalue weighted by molar-refractivity contribution is -0.131. The van der Waals surface area contributed by atoms with E-state index < -0.39 is 5.97 Å². The fourth-order valence-corrected chi connectivity index (χ4v) is 1.86. The Morgan fingerprint density at radius 1 is 1.43 bits per heavy atom. The van der Waals surface area contributed by atoms with E-state index in [-0.39, 0.29) is 12.1 Å². The van der Waals surface area contributed by atoms with Gasteiger partial charge in [0.25, 0.3) is 0 Å². The molecule has 2 unspecified atom stereocenters. The van der Waals surface area contributed by atoms with Gasteiger partial charge in [-0.2, -0.15) is 0 Å². The Kier molecular flexibility index (Phi) is 3.95. The third-order valence-electron chi connectivity index (χ3n) is 2.67. The number of carbonyl (C=O) groups is 1. The molecule has 14 heavy (non-hydrogen) atoms. The molecule has 4 nitrogen and oxygen atoms in total. The van der Waals surface area contributed by atoms with E-state index in [4.69, 9.17) is 5.11 Å². The van der Waals surface area contributed by atoms with Gasteiger partial charge in [0, 0.05) is 19.3 Å². The van der Waals surface area contributed by atoms with Crippen LogP contribution in [0.2, 0.25) is 0 Å². The number of aliphatic carboxylic acids is 1.